The van der Waals surface area contributed by atoms with Crippen LogP contribution in [0.25, 0.3) is 11.0 Å². The molecule has 9 heteroatoms. The van der Waals surface area contributed by atoms with Gasteiger partial charge in [0.05, 0.1) is 23.8 Å². The first-order chi connectivity index (χ1) is 16.4. The highest BCUT2D eigenvalue weighted by atomic mass is 19.1. The molecule has 1 atom stereocenters. The number of aromatic amines is 1. The average Bonchev–Trinajstić information content (AvgIpc) is 3.35. The first kappa shape index (κ1) is 21.2. The Kier molecular flexibility index (Phi) is 4.81. The molecular formula is C25H17FN4O4. The Morgan fingerprint density at radius 3 is 2.79 bits per heavy atom. The molecule has 4 aromatic rings. The van der Waals surface area contributed by atoms with Gasteiger partial charge in [-0.25, -0.2) is 14.2 Å². The van der Waals surface area contributed by atoms with Gasteiger partial charge in [0.2, 0.25) is 5.95 Å². The molecule has 3 aromatic carbocycles. The number of methoxy groups -OCH3 is 1. The third-order valence-corrected chi connectivity index (χ3v) is 5.70. The van der Waals surface area contributed by atoms with Gasteiger partial charge in [0.25, 0.3) is 5.91 Å². The van der Waals surface area contributed by atoms with E-state index in [2.05, 4.69) is 25.9 Å². The van der Waals surface area contributed by atoms with E-state index in [1.165, 1.54) is 19.2 Å². The van der Waals surface area contributed by atoms with E-state index in [-0.39, 0.29) is 28.3 Å². The van der Waals surface area contributed by atoms with Crippen LogP contribution in [0.3, 0.4) is 0 Å². The van der Waals surface area contributed by atoms with Crippen LogP contribution >= 0.6 is 0 Å². The van der Waals surface area contributed by atoms with Crippen molar-refractivity contribution in [3.63, 3.8) is 0 Å². The number of hydrogen-bond acceptors (Lipinski definition) is 5. The number of aromatic nitrogens is 2. The zero-order valence-electron chi connectivity index (χ0n) is 17.8. The summed E-state index contributed by atoms with van der Waals surface area (Å²) in [7, 11) is 1.23. The molecule has 0 spiro atoms. The molecule has 3 N–H and O–H groups in total. The van der Waals surface area contributed by atoms with Gasteiger partial charge in [0.1, 0.15) is 5.82 Å². The topological polar surface area (TPSA) is 108 Å². The maximum absolute atomic E-state index is 15.0. The van der Waals surface area contributed by atoms with E-state index in [0.29, 0.717) is 16.6 Å². The molecule has 0 saturated carbocycles. The van der Waals surface area contributed by atoms with E-state index in [1.54, 1.807) is 42.5 Å². The first-order valence-corrected chi connectivity index (χ1v) is 10.1. The van der Waals surface area contributed by atoms with Crippen LogP contribution in [0.15, 0.2) is 60.7 Å². The number of carbonyl (C=O) groups excluding carboxylic acids is 2. The number of aliphatic hydroxyl groups is 1. The molecule has 0 saturated heterocycles. The lowest BCUT2D eigenvalue weighted by molar-refractivity contribution is 0.0699. The van der Waals surface area contributed by atoms with E-state index >= 15 is 0 Å². The highest BCUT2D eigenvalue weighted by molar-refractivity contribution is 6.12. The van der Waals surface area contributed by atoms with E-state index < -0.39 is 23.5 Å². The van der Waals surface area contributed by atoms with Crippen molar-refractivity contribution in [2.75, 3.05) is 17.3 Å². The number of H-pyrrole nitrogens is 1. The maximum Gasteiger partial charge on any atom is 0.413 e. The number of rotatable bonds is 3. The average molecular weight is 456 g/mol. The number of fused-ring (bicyclic) bond motifs is 2. The van der Waals surface area contributed by atoms with Crippen molar-refractivity contribution in [1.82, 2.24) is 9.97 Å². The molecule has 0 radical (unpaired) electrons. The number of hydrogen-bond donors (Lipinski definition) is 3. The summed E-state index contributed by atoms with van der Waals surface area (Å²) in [5, 5.41) is 14.5. The van der Waals surface area contributed by atoms with Gasteiger partial charge in [-0.3, -0.25) is 15.0 Å². The van der Waals surface area contributed by atoms with Crippen molar-refractivity contribution in [1.29, 1.82) is 0 Å². The number of benzene rings is 3. The van der Waals surface area contributed by atoms with Crippen LogP contribution in [0.4, 0.5) is 20.8 Å². The quantitative estimate of drug-likeness (QED) is 0.408. The SMILES string of the molecule is C#Cc1ccc(F)c(N2C(=O)c3ccccc3C2(O)c2ccc3nc(NC(=O)OC)[nH]c3c2)c1. The molecule has 5 rings (SSSR count). The van der Waals surface area contributed by atoms with Crippen molar-refractivity contribution < 1.29 is 23.8 Å². The van der Waals surface area contributed by atoms with Gasteiger partial charge in [-0.2, -0.15) is 0 Å². The van der Waals surface area contributed by atoms with Gasteiger partial charge < -0.3 is 14.8 Å². The highest BCUT2D eigenvalue weighted by Gasteiger charge is 2.51. The minimum Gasteiger partial charge on any atom is -0.453 e. The molecule has 8 nitrogen and oxygen atoms in total. The van der Waals surface area contributed by atoms with Gasteiger partial charge in [0.15, 0.2) is 5.72 Å². The molecule has 168 valence electrons. The van der Waals surface area contributed by atoms with Crippen molar-refractivity contribution in [2.45, 2.75) is 5.72 Å². The van der Waals surface area contributed by atoms with Gasteiger partial charge >= 0.3 is 6.09 Å². The molecule has 2 heterocycles. The van der Waals surface area contributed by atoms with E-state index in [4.69, 9.17) is 6.42 Å². The fourth-order valence-corrected chi connectivity index (χ4v) is 4.14. The van der Waals surface area contributed by atoms with E-state index in [1.807, 2.05) is 0 Å². The Hall–Kier alpha value is -4.68. The molecule has 34 heavy (non-hydrogen) atoms. The Labute approximate surface area is 193 Å². The van der Waals surface area contributed by atoms with Crippen molar-refractivity contribution in [2.24, 2.45) is 0 Å². The van der Waals surface area contributed by atoms with Crippen molar-refractivity contribution in [3.8, 4) is 12.3 Å². The summed E-state index contributed by atoms with van der Waals surface area (Å²) < 4.78 is 19.6. The number of amides is 2. The van der Waals surface area contributed by atoms with Crippen LogP contribution in [0.2, 0.25) is 0 Å². The minimum atomic E-state index is -2.04. The standard InChI is InChI=1S/C25H17FN4O4/c1-3-14-8-10-18(26)21(12-14)30-22(31)16-6-4-5-7-17(16)25(30,33)15-9-11-19-20(13-15)28-23(27-19)29-24(32)34-2/h1,4-13,33H,2H3,(H2,27,28,29,32). The minimum absolute atomic E-state index is 0.138. The summed E-state index contributed by atoms with van der Waals surface area (Å²) >= 11 is 0. The van der Waals surface area contributed by atoms with Crippen LogP contribution in [-0.2, 0) is 10.5 Å². The molecule has 1 unspecified atom stereocenters. The Bertz CT molecular complexity index is 1520. The lowest BCUT2D eigenvalue weighted by atomic mass is 9.93. The number of terminal acetylenes is 1. The molecule has 1 aromatic heterocycles. The van der Waals surface area contributed by atoms with Gasteiger partial charge in [-0.05, 0) is 36.4 Å². The third kappa shape index (κ3) is 3.09. The van der Waals surface area contributed by atoms with Gasteiger partial charge in [0, 0.05) is 22.3 Å². The zero-order chi connectivity index (χ0) is 24.0. The molecular weight excluding hydrogens is 439 g/mol. The lowest BCUT2D eigenvalue weighted by Crippen LogP contribution is -2.45. The van der Waals surface area contributed by atoms with E-state index in [9.17, 15) is 19.1 Å². The monoisotopic (exact) mass is 456 g/mol. The van der Waals surface area contributed by atoms with Crippen LogP contribution in [0, 0.1) is 18.2 Å². The number of ether oxygens (including phenoxy) is 1. The lowest BCUT2D eigenvalue weighted by Gasteiger charge is -2.35. The highest BCUT2D eigenvalue weighted by Crippen LogP contribution is 2.46. The number of imidazole rings is 1. The molecule has 2 amide bonds. The summed E-state index contributed by atoms with van der Waals surface area (Å²) in [5.74, 6) is 1.27. The van der Waals surface area contributed by atoms with Gasteiger partial charge in [-0.1, -0.05) is 30.2 Å². The summed E-state index contributed by atoms with van der Waals surface area (Å²) in [6, 6.07) is 15.2. The predicted molar refractivity (Wildman–Crippen MR) is 123 cm³/mol. The molecule has 0 bridgehead atoms. The fraction of sp³-hybridized carbons (Fsp3) is 0.0800. The summed E-state index contributed by atoms with van der Waals surface area (Å²) in [6.07, 6.45) is 4.78. The first-order valence-electron chi connectivity index (χ1n) is 10.1. The molecule has 0 fully saturated rings. The molecule has 1 aliphatic rings. The number of anilines is 2. The number of nitrogens with one attached hydrogen (secondary N) is 2. The Balaban J connectivity index is 1.71. The number of carbonyl (C=O) groups is 2. The van der Waals surface area contributed by atoms with Crippen LogP contribution in [0.1, 0.15) is 27.0 Å². The predicted octanol–water partition coefficient (Wildman–Crippen LogP) is 3.72. The summed E-state index contributed by atoms with van der Waals surface area (Å²) in [4.78, 5) is 33.1. The summed E-state index contributed by atoms with van der Waals surface area (Å²) in [6.45, 7) is 0. The summed E-state index contributed by atoms with van der Waals surface area (Å²) in [5.41, 5.74) is -0.100. The zero-order valence-corrected chi connectivity index (χ0v) is 17.8. The second-order valence-corrected chi connectivity index (χ2v) is 7.60. The second-order valence-electron chi connectivity index (χ2n) is 7.60. The van der Waals surface area contributed by atoms with Crippen LogP contribution < -0.4 is 10.2 Å². The van der Waals surface area contributed by atoms with Crippen molar-refractivity contribution in [3.05, 3.63) is 88.7 Å². The largest absolute Gasteiger partial charge is 0.453 e. The second kappa shape index (κ2) is 7.72. The van der Waals surface area contributed by atoms with Gasteiger partial charge in [-0.15, -0.1) is 6.42 Å². The Morgan fingerprint density at radius 2 is 2.03 bits per heavy atom. The Morgan fingerprint density at radius 1 is 1.24 bits per heavy atom. The smallest absolute Gasteiger partial charge is 0.413 e. The van der Waals surface area contributed by atoms with Crippen molar-refractivity contribution >= 4 is 34.7 Å². The van der Waals surface area contributed by atoms with Crippen LogP contribution in [-0.4, -0.2) is 34.2 Å². The van der Waals surface area contributed by atoms with E-state index in [0.717, 1.165) is 11.0 Å². The normalized spacial score (nSPS) is 16.9. The fourth-order valence-electron chi connectivity index (χ4n) is 4.14. The number of nitrogens with zero attached hydrogens (tertiary/aromatic N) is 2. The molecule has 0 aliphatic carbocycles. The molecule has 1 aliphatic heterocycles. The maximum atomic E-state index is 15.0. The third-order valence-electron chi connectivity index (χ3n) is 5.70. The number of halogens is 1. The van der Waals surface area contributed by atoms with Crippen LogP contribution in [0.5, 0.6) is 0 Å².